The van der Waals surface area contributed by atoms with Gasteiger partial charge in [0.05, 0.1) is 10.6 Å². The van der Waals surface area contributed by atoms with Crippen LogP contribution < -0.4 is 4.65 Å². The van der Waals surface area contributed by atoms with E-state index in [0.717, 1.165) is 0 Å². The van der Waals surface area contributed by atoms with E-state index in [1.54, 1.807) is 0 Å². The quantitative estimate of drug-likeness (QED) is 0.680. The zero-order chi connectivity index (χ0) is 9.84. The van der Waals surface area contributed by atoms with E-state index in [1.165, 1.54) is 18.2 Å². The van der Waals surface area contributed by atoms with Crippen molar-refractivity contribution in [3.05, 3.63) is 28.8 Å². The van der Waals surface area contributed by atoms with Crippen LogP contribution in [-0.2, 0) is 0 Å². The molecule has 0 spiro atoms. The van der Waals surface area contributed by atoms with E-state index in [2.05, 4.69) is 4.65 Å². The molecule has 1 rings (SSSR count). The molecule has 0 saturated heterocycles. The molecule has 0 aliphatic rings. The second-order valence-electron chi connectivity index (χ2n) is 2.17. The lowest BCUT2D eigenvalue weighted by Gasteiger charge is -2.06. The number of hydrogen-bond acceptors (Lipinski definition) is 4. The summed E-state index contributed by atoms with van der Waals surface area (Å²) in [5.41, 5.74) is 0.222. The molecule has 4 nitrogen and oxygen atoms in total. The van der Waals surface area contributed by atoms with Crippen LogP contribution >= 0.6 is 11.6 Å². The first-order chi connectivity index (χ1) is 6.15. The zero-order valence-electron chi connectivity index (χ0n) is 6.44. The van der Waals surface area contributed by atoms with Gasteiger partial charge in [-0.15, -0.1) is 0 Å². The molecule has 0 heterocycles. The largest absolute Gasteiger partial charge is 0.707 e. The highest BCUT2D eigenvalue weighted by Gasteiger charge is 2.14. The number of nitrogens with zero attached hydrogens (tertiary/aromatic N) is 1. The number of benzene rings is 1. The van der Waals surface area contributed by atoms with E-state index in [-0.39, 0.29) is 16.3 Å². The molecule has 66 valence electrons. The second-order valence-corrected chi connectivity index (χ2v) is 2.55. The molecule has 0 atom stereocenters. The minimum absolute atomic E-state index is 0.0655. The molecular weight excluding hydrogens is 192 g/mol. The van der Waals surface area contributed by atoms with Crippen molar-refractivity contribution in [1.82, 2.24) is 0 Å². The van der Waals surface area contributed by atoms with Gasteiger partial charge < -0.3 is 14.7 Å². The van der Waals surface area contributed by atoms with Crippen molar-refractivity contribution in [2.24, 2.45) is 0 Å². The van der Waals surface area contributed by atoms with Gasteiger partial charge in [-0.25, -0.2) is 0 Å². The number of nitriles is 1. The first-order valence-electron chi connectivity index (χ1n) is 3.36. The van der Waals surface area contributed by atoms with Crippen molar-refractivity contribution < 1.29 is 14.7 Å². The molecule has 0 bridgehead atoms. The molecule has 1 aromatic carbocycles. The Bertz CT molecular complexity index is 350. The first kappa shape index (κ1) is 9.87. The highest BCUT2D eigenvalue weighted by molar-refractivity contribution is 6.36. The van der Waals surface area contributed by atoms with Crippen LogP contribution in [0.1, 0.15) is 5.56 Å². The van der Waals surface area contributed by atoms with Crippen LogP contribution in [0.25, 0.3) is 0 Å². The van der Waals surface area contributed by atoms with Gasteiger partial charge in [-0.1, -0.05) is 17.7 Å². The molecule has 0 unspecified atom stereocenters. The Morgan fingerprint density at radius 2 is 2.15 bits per heavy atom. The van der Waals surface area contributed by atoms with Crippen molar-refractivity contribution >= 4 is 18.9 Å². The summed E-state index contributed by atoms with van der Waals surface area (Å²) in [4.78, 5) is 0. The Hall–Kier alpha value is -1.22. The van der Waals surface area contributed by atoms with Crippen LogP contribution in [0, 0.1) is 11.3 Å². The zero-order valence-corrected chi connectivity index (χ0v) is 7.19. The van der Waals surface area contributed by atoms with Crippen molar-refractivity contribution in [1.29, 1.82) is 5.26 Å². The Labute approximate surface area is 80.1 Å². The summed E-state index contributed by atoms with van der Waals surface area (Å²) in [5, 5.41) is 25.6. The highest BCUT2D eigenvalue weighted by Crippen LogP contribution is 2.27. The fraction of sp³-hybridized carbons (Fsp3) is 0. The fourth-order valence-corrected chi connectivity index (χ4v) is 1.01. The summed E-state index contributed by atoms with van der Waals surface area (Å²) in [6, 6.07) is 6.30. The molecule has 0 aliphatic heterocycles. The average molecular weight is 197 g/mol. The Kier molecular flexibility index (Phi) is 3.15. The van der Waals surface area contributed by atoms with Crippen molar-refractivity contribution in [3.63, 3.8) is 0 Å². The summed E-state index contributed by atoms with van der Waals surface area (Å²) >= 11 is 5.68. The van der Waals surface area contributed by atoms with Gasteiger partial charge >= 0.3 is 7.32 Å². The van der Waals surface area contributed by atoms with E-state index in [1.807, 2.05) is 6.07 Å². The van der Waals surface area contributed by atoms with Crippen LogP contribution in [0.5, 0.6) is 5.75 Å². The number of rotatable bonds is 2. The highest BCUT2D eigenvalue weighted by atomic mass is 35.5. The Morgan fingerprint density at radius 1 is 1.46 bits per heavy atom. The predicted octanol–water partition coefficient (Wildman–Crippen LogP) is 0.560. The van der Waals surface area contributed by atoms with Crippen LogP contribution in [0.2, 0.25) is 5.02 Å². The minimum atomic E-state index is -1.94. The molecule has 13 heavy (non-hydrogen) atoms. The van der Waals surface area contributed by atoms with Crippen LogP contribution in [0.4, 0.5) is 0 Å². The van der Waals surface area contributed by atoms with E-state index in [9.17, 15) is 0 Å². The lowest BCUT2D eigenvalue weighted by atomic mass is 10.2. The number of halogens is 1. The standard InChI is InChI=1S/C7H5BClNO3/c9-7-5(4-10)2-1-3-6(7)13-8(11)12/h1-3,11-12H. The average Bonchev–Trinajstić information content (AvgIpc) is 2.08. The summed E-state index contributed by atoms with van der Waals surface area (Å²) in [7, 11) is -1.94. The third-order valence-electron chi connectivity index (χ3n) is 1.32. The maximum atomic E-state index is 8.56. The van der Waals surface area contributed by atoms with E-state index < -0.39 is 7.32 Å². The van der Waals surface area contributed by atoms with Gasteiger partial charge in [0, 0.05) is 0 Å². The molecule has 6 heteroatoms. The topological polar surface area (TPSA) is 73.5 Å². The van der Waals surface area contributed by atoms with Gasteiger partial charge in [-0.05, 0) is 12.1 Å². The SMILES string of the molecule is N#Cc1cccc(OB(O)O)c1Cl. The first-order valence-corrected chi connectivity index (χ1v) is 3.74. The monoisotopic (exact) mass is 197 g/mol. The van der Waals surface area contributed by atoms with Gasteiger partial charge in [0.2, 0.25) is 0 Å². The summed E-state index contributed by atoms with van der Waals surface area (Å²) in [6.07, 6.45) is 0. The lowest BCUT2D eigenvalue weighted by molar-refractivity contribution is 0.288. The van der Waals surface area contributed by atoms with E-state index >= 15 is 0 Å². The summed E-state index contributed by atoms with van der Waals surface area (Å²) in [5.74, 6) is 0.0655. The third kappa shape index (κ3) is 2.36. The fourth-order valence-electron chi connectivity index (χ4n) is 0.802. The molecule has 0 aromatic heterocycles. The Morgan fingerprint density at radius 3 is 2.69 bits per heavy atom. The molecule has 0 fully saturated rings. The Balaban J connectivity index is 3.03. The minimum Gasteiger partial charge on any atom is -0.511 e. The second kappa shape index (κ2) is 4.14. The van der Waals surface area contributed by atoms with Gasteiger partial charge in [-0.2, -0.15) is 5.26 Å². The normalized spacial score (nSPS) is 9.08. The summed E-state index contributed by atoms with van der Waals surface area (Å²) < 4.78 is 4.52. The number of hydrogen-bond donors (Lipinski definition) is 2. The van der Waals surface area contributed by atoms with Gasteiger partial charge in [0.1, 0.15) is 11.8 Å². The molecule has 0 aliphatic carbocycles. The van der Waals surface area contributed by atoms with Crippen LogP contribution in [0.15, 0.2) is 18.2 Å². The van der Waals surface area contributed by atoms with E-state index in [0.29, 0.717) is 0 Å². The predicted molar refractivity (Wildman–Crippen MR) is 47.0 cm³/mol. The van der Waals surface area contributed by atoms with Crippen molar-refractivity contribution in [3.8, 4) is 11.8 Å². The van der Waals surface area contributed by atoms with Crippen LogP contribution in [-0.4, -0.2) is 17.4 Å². The maximum Gasteiger partial charge on any atom is 0.707 e. The van der Waals surface area contributed by atoms with Crippen molar-refractivity contribution in [2.75, 3.05) is 0 Å². The lowest BCUT2D eigenvalue weighted by Crippen LogP contribution is -2.20. The molecule has 2 N–H and O–H groups in total. The molecule has 1 aromatic rings. The van der Waals surface area contributed by atoms with E-state index in [4.69, 9.17) is 26.9 Å². The van der Waals surface area contributed by atoms with Gasteiger partial charge in [0.25, 0.3) is 0 Å². The van der Waals surface area contributed by atoms with Gasteiger partial charge in [0.15, 0.2) is 0 Å². The van der Waals surface area contributed by atoms with Gasteiger partial charge in [-0.3, -0.25) is 0 Å². The molecular formula is C7H5BClNO3. The van der Waals surface area contributed by atoms with Crippen molar-refractivity contribution in [2.45, 2.75) is 0 Å². The third-order valence-corrected chi connectivity index (χ3v) is 1.71. The van der Waals surface area contributed by atoms with Crippen LogP contribution in [0.3, 0.4) is 0 Å². The summed E-state index contributed by atoms with van der Waals surface area (Å²) in [6.45, 7) is 0. The molecule has 0 radical (unpaired) electrons. The maximum absolute atomic E-state index is 8.56. The molecule has 0 amide bonds. The smallest absolute Gasteiger partial charge is 0.511 e. The molecule has 0 saturated carbocycles.